The van der Waals surface area contributed by atoms with E-state index >= 15 is 0 Å². The molecule has 2 amide bonds. The number of hydrogen-bond acceptors (Lipinski definition) is 4. The fourth-order valence-corrected chi connectivity index (χ4v) is 3.30. The molecule has 0 fully saturated rings. The van der Waals surface area contributed by atoms with Gasteiger partial charge in [0.15, 0.2) is 0 Å². The van der Waals surface area contributed by atoms with E-state index in [0.29, 0.717) is 23.4 Å². The minimum absolute atomic E-state index is 0.0375. The second-order valence-corrected chi connectivity index (χ2v) is 7.33. The zero-order valence-electron chi connectivity index (χ0n) is 18.0. The van der Waals surface area contributed by atoms with E-state index in [2.05, 4.69) is 10.6 Å². The minimum atomic E-state index is -0.191. The lowest BCUT2D eigenvalue weighted by Gasteiger charge is -2.26. The van der Waals surface area contributed by atoms with Crippen LogP contribution >= 0.6 is 0 Å². The first-order valence-corrected chi connectivity index (χ1v) is 10.0. The molecule has 1 unspecified atom stereocenters. The van der Waals surface area contributed by atoms with Crippen LogP contribution in [0.2, 0.25) is 0 Å². The summed E-state index contributed by atoms with van der Waals surface area (Å²) >= 11 is 0. The lowest BCUT2D eigenvalue weighted by atomic mass is 10.0. The molecule has 0 aliphatic rings. The van der Waals surface area contributed by atoms with E-state index in [1.54, 1.807) is 43.5 Å². The highest BCUT2D eigenvalue weighted by molar-refractivity contribution is 6.04. The van der Waals surface area contributed by atoms with Crippen LogP contribution in [0, 0.1) is 0 Å². The summed E-state index contributed by atoms with van der Waals surface area (Å²) < 4.78 is 5.47. The molecule has 160 valence electrons. The van der Waals surface area contributed by atoms with E-state index in [0.717, 1.165) is 11.3 Å². The van der Waals surface area contributed by atoms with Gasteiger partial charge in [-0.1, -0.05) is 36.4 Å². The number of methoxy groups -OCH3 is 1. The average Bonchev–Trinajstić information content (AvgIpc) is 2.80. The number of nitrogens with one attached hydrogen (secondary N) is 2. The predicted molar refractivity (Wildman–Crippen MR) is 123 cm³/mol. The molecule has 0 aliphatic heterocycles. The van der Waals surface area contributed by atoms with Crippen LogP contribution in [0.5, 0.6) is 5.75 Å². The SMILES string of the molecule is COc1ccccc1C(CNC(=O)c1ccc(NC(=O)c2ccccc2)cc1)N(C)C. The van der Waals surface area contributed by atoms with Crippen LogP contribution in [0.1, 0.15) is 32.3 Å². The van der Waals surface area contributed by atoms with E-state index in [-0.39, 0.29) is 17.9 Å². The molecule has 6 nitrogen and oxygen atoms in total. The van der Waals surface area contributed by atoms with E-state index in [9.17, 15) is 9.59 Å². The number of anilines is 1. The van der Waals surface area contributed by atoms with E-state index in [4.69, 9.17) is 4.74 Å². The summed E-state index contributed by atoms with van der Waals surface area (Å²) in [6.07, 6.45) is 0. The van der Waals surface area contributed by atoms with Crippen molar-refractivity contribution in [2.24, 2.45) is 0 Å². The maximum atomic E-state index is 12.7. The second kappa shape index (κ2) is 10.4. The third-order valence-electron chi connectivity index (χ3n) is 5.02. The number of hydrogen-bond donors (Lipinski definition) is 2. The van der Waals surface area contributed by atoms with Crippen molar-refractivity contribution in [3.05, 3.63) is 95.6 Å². The number of carbonyl (C=O) groups excluding carboxylic acids is 2. The Kier molecular flexibility index (Phi) is 7.40. The topological polar surface area (TPSA) is 70.7 Å². The molecule has 0 radical (unpaired) electrons. The van der Waals surface area contributed by atoms with Gasteiger partial charge in [-0.3, -0.25) is 9.59 Å². The third-order valence-corrected chi connectivity index (χ3v) is 5.02. The fraction of sp³-hybridized carbons (Fsp3) is 0.200. The summed E-state index contributed by atoms with van der Waals surface area (Å²) in [5.41, 5.74) is 2.74. The van der Waals surface area contributed by atoms with Crippen LogP contribution in [-0.4, -0.2) is 44.5 Å². The standard InChI is InChI=1S/C25H27N3O3/c1-28(2)22(21-11-7-8-12-23(21)31-3)17-26-24(29)19-13-15-20(16-14-19)27-25(30)18-9-5-4-6-10-18/h4-16,22H,17H2,1-3H3,(H,26,29)(H,27,30). The molecule has 0 spiro atoms. The molecular weight excluding hydrogens is 390 g/mol. The van der Waals surface area contributed by atoms with Crippen molar-refractivity contribution in [1.29, 1.82) is 0 Å². The number of benzene rings is 3. The molecule has 3 aromatic carbocycles. The Bertz CT molecular complexity index is 1020. The number of rotatable bonds is 8. The third kappa shape index (κ3) is 5.71. The van der Waals surface area contributed by atoms with Crippen molar-refractivity contribution in [2.45, 2.75) is 6.04 Å². The molecule has 0 bridgehead atoms. The Hall–Kier alpha value is -3.64. The first-order chi connectivity index (χ1) is 15.0. The van der Waals surface area contributed by atoms with Crippen LogP contribution in [0.3, 0.4) is 0 Å². The molecule has 0 saturated heterocycles. The molecule has 0 aromatic heterocycles. The first-order valence-electron chi connectivity index (χ1n) is 10.0. The lowest BCUT2D eigenvalue weighted by Crippen LogP contribution is -2.34. The summed E-state index contributed by atoms with van der Waals surface area (Å²) in [6, 6.07) is 23.6. The van der Waals surface area contributed by atoms with Crippen molar-refractivity contribution >= 4 is 17.5 Å². The van der Waals surface area contributed by atoms with Gasteiger partial charge in [-0.05, 0) is 56.6 Å². The predicted octanol–water partition coefficient (Wildman–Crippen LogP) is 3.98. The number of likely N-dealkylation sites (N-methyl/N-ethyl adjacent to an activating group) is 1. The van der Waals surface area contributed by atoms with Gasteiger partial charge in [0.05, 0.1) is 13.2 Å². The summed E-state index contributed by atoms with van der Waals surface area (Å²) in [5, 5.41) is 5.83. The summed E-state index contributed by atoms with van der Waals surface area (Å²) in [6.45, 7) is 0.429. The van der Waals surface area contributed by atoms with E-state index < -0.39 is 0 Å². The number of amides is 2. The second-order valence-electron chi connectivity index (χ2n) is 7.33. The molecule has 0 aliphatic carbocycles. The monoisotopic (exact) mass is 417 g/mol. The van der Waals surface area contributed by atoms with Gasteiger partial charge < -0.3 is 20.3 Å². The van der Waals surface area contributed by atoms with Crippen molar-refractivity contribution < 1.29 is 14.3 Å². The highest BCUT2D eigenvalue weighted by Crippen LogP contribution is 2.27. The van der Waals surface area contributed by atoms with Gasteiger partial charge in [-0.2, -0.15) is 0 Å². The summed E-state index contributed by atoms with van der Waals surface area (Å²) in [7, 11) is 5.57. The Morgan fingerprint density at radius 2 is 1.45 bits per heavy atom. The van der Waals surface area contributed by atoms with Crippen LogP contribution in [0.4, 0.5) is 5.69 Å². The summed E-state index contributed by atoms with van der Waals surface area (Å²) in [4.78, 5) is 27.0. The largest absolute Gasteiger partial charge is 0.496 e. The molecule has 2 N–H and O–H groups in total. The smallest absolute Gasteiger partial charge is 0.255 e. The fourth-order valence-electron chi connectivity index (χ4n) is 3.30. The highest BCUT2D eigenvalue weighted by atomic mass is 16.5. The normalized spacial score (nSPS) is 11.6. The minimum Gasteiger partial charge on any atom is -0.496 e. The molecule has 3 rings (SSSR count). The van der Waals surface area contributed by atoms with Gasteiger partial charge in [0.2, 0.25) is 0 Å². The number of ether oxygens (including phenoxy) is 1. The molecule has 31 heavy (non-hydrogen) atoms. The van der Waals surface area contributed by atoms with E-state index in [1.165, 1.54) is 0 Å². The Labute approximate surface area is 182 Å². The van der Waals surface area contributed by atoms with Gasteiger partial charge in [0.1, 0.15) is 5.75 Å². The number of para-hydroxylation sites is 1. The zero-order valence-corrected chi connectivity index (χ0v) is 18.0. The molecule has 1 atom stereocenters. The average molecular weight is 418 g/mol. The zero-order chi connectivity index (χ0) is 22.2. The van der Waals surface area contributed by atoms with Crippen LogP contribution < -0.4 is 15.4 Å². The Morgan fingerprint density at radius 3 is 2.10 bits per heavy atom. The Morgan fingerprint density at radius 1 is 0.839 bits per heavy atom. The van der Waals surface area contributed by atoms with Gasteiger partial charge >= 0.3 is 0 Å². The van der Waals surface area contributed by atoms with Gasteiger partial charge in [-0.25, -0.2) is 0 Å². The maximum absolute atomic E-state index is 12.7. The Balaban J connectivity index is 1.63. The van der Waals surface area contributed by atoms with Crippen molar-refractivity contribution in [3.8, 4) is 5.75 Å². The molecule has 0 saturated carbocycles. The van der Waals surface area contributed by atoms with Gasteiger partial charge in [0, 0.05) is 28.9 Å². The molecule has 0 heterocycles. The van der Waals surface area contributed by atoms with Crippen molar-refractivity contribution in [2.75, 3.05) is 33.1 Å². The molecule has 6 heteroatoms. The van der Waals surface area contributed by atoms with Crippen molar-refractivity contribution in [3.63, 3.8) is 0 Å². The summed E-state index contributed by atoms with van der Waals surface area (Å²) in [5.74, 6) is 0.417. The van der Waals surface area contributed by atoms with Crippen LogP contribution in [-0.2, 0) is 0 Å². The number of carbonyl (C=O) groups is 2. The molecular formula is C25H27N3O3. The maximum Gasteiger partial charge on any atom is 0.255 e. The highest BCUT2D eigenvalue weighted by Gasteiger charge is 2.19. The van der Waals surface area contributed by atoms with E-state index in [1.807, 2.05) is 61.5 Å². The van der Waals surface area contributed by atoms with Crippen LogP contribution in [0.25, 0.3) is 0 Å². The quantitative estimate of drug-likeness (QED) is 0.582. The molecule has 3 aromatic rings. The van der Waals surface area contributed by atoms with Gasteiger partial charge in [-0.15, -0.1) is 0 Å². The lowest BCUT2D eigenvalue weighted by molar-refractivity contribution is 0.0941. The van der Waals surface area contributed by atoms with Crippen LogP contribution in [0.15, 0.2) is 78.9 Å². The van der Waals surface area contributed by atoms with Gasteiger partial charge in [0.25, 0.3) is 11.8 Å². The van der Waals surface area contributed by atoms with Crippen molar-refractivity contribution in [1.82, 2.24) is 10.2 Å². The first kappa shape index (κ1) is 22.1. The number of nitrogens with zero attached hydrogens (tertiary/aromatic N) is 1.